The molecule has 0 radical (unpaired) electrons. The average Bonchev–Trinajstić information content (AvgIpc) is 2.60. The van der Waals surface area contributed by atoms with Crippen LogP contribution in [-0.2, 0) is 6.54 Å². The van der Waals surface area contributed by atoms with E-state index in [0.717, 1.165) is 18.7 Å². The van der Waals surface area contributed by atoms with Gasteiger partial charge in [-0.1, -0.05) is 6.92 Å². The monoisotopic (exact) mass is 211 g/mol. The molecule has 0 amide bonds. The molecule has 0 aliphatic heterocycles. The highest BCUT2D eigenvalue weighted by Gasteiger charge is 2.04. The van der Waals surface area contributed by atoms with Gasteiger partial charge in [0, 0.05) is 19.7 Å². The minimum Gasteiger partial charge on any atom is -0.345 e. The number of nitrogens with zero attached hydrogens (tertiary/aromatic N) is 1. The lowest BCUT2D eigenvalue weighted by Crippen LogP contribution is -2.06. The van der Waals surface area contributed by atoms with Gasteiger partial charge in [-0.05, 0) is 30.1 Å². The molecule has 0 spiro atoms. The number of hydrogen-bond acceptors (Lipinski definition) is 2. The molecule has 1 rings (SSSR count). The zero-order valence-electron chi connectivity index (χ0n) is 8.82. The van der Waals surface area contributed by atoms with E-state index < -0.39 is 0 Å². The van der Waals surface area contributed by atoms with Crippen molar-refractivity contribution in [1.82, 2.24) is 4.57 Å². The maximum absolute atomic E-state index is 11.2. The first-order chi connectivity index (χ1) is 6.75. The van der Waals surface area contributed by atoms with Crippen LogP contribution in [0.3, 0.4) is 0 Å². The van der Waals surface area contributed by atoms with Gasteiger partial charge in [-0.15, -0.1) is 0 Å². The summed E-state index contributed by atoms with van der Waals surface area (Å²) >= 11 is 1.95. The van der Waals surface area contributed by atoms with Crippen LogP contribution in [-0.4, -0.2) is 21.9 Å². The van der Waals surface area contributed by atoms with Crippen LogP contribution in [0.15, 0.2) is 18.3 Å². The largest absolute Gasteiger partial charge is 0.345 e. The van der Waals surface area contributed by atoms with E-state index in [0.29, 0.717) is 0 Å². The molecule has 2 nitrogen and oxygen atoms in total. The normalized spacial score (nSPS) is 10.4. The molecule has 78 valence electrons. The van der Waals surface area contributed by atoms with Gasteiger partial charge in [0.25, 0.3) is 0 Å². The van der Waals surface area contributed by atoms with Crippen molar-refractivity contribution < 1.29 is 4.79 Å². The third kappa shape index (κ3) is 3.22. The summed E-state index contributed by atoms with van der Waals surface area (Å²) in [6.45, 7) is 4.74. The number of carbonyl (C=O) groups is 1. The fourth-order valence-corrected chi connectivity index (χ4v) is 2.03. The molecular formula is C11H17NOS. The van der Waals surface area contributed by atoms with E-state index in [1.807, 2.05) is 34.7 Å². The van der Waals surface area contributed by atoms with Gasteiger partial charge < -0.3 is 4.57 Å². The molecule has 0 aliphatic carbocycles. The van der Waals surface area contributed by atoms with Crippen molar-refractivity contribution in [3.05, 3.63) is 24.0 Å². The van der Waals surface area contributed by atoms with Gasteiger partial charge in [0.1, 0.15) is 0 Å². The Morgan fingerprint density at radius 1 is 1.57 bits per heavy atom. The Kier molecular flexibility index (Phi) is 4.80. The van der Waals surface area contributed by atoms with Gasteiger partial charge in [-0.2, -0.15) is 11.8 Å². The smallest absolute Gasteiger partial charge is 0.176 e. The van der Waals surface area contributed by atoms with Gasteiger partial charge in [-0.25, -0.2) is 0 Å². The summed E-state index contributed by atoms with van der Waals surface area (Å²) in [5.74, 6) is 2.50. The summed E-state index contributed by atoms with van der Waals surface area (Å²) < 4.78 is 2.04. The molecule has 0 saturated carbocycles. The second-order valence-corrected chi connectivity index (χ2v) is 4.59. The minimum atomic E-state index is 0.151. The van der Waals surface area contributed by atoms with Gasteiger partial charge in [0.15, 0.2) is 5.78 Å². The van der Waals surface area contributed by atoms with E-state index in [1.165, 1.54) is 11.5 Å². The average molecular weight is 211 g/mol. The quantitative estimate of drug-likeness (QED) is 0.533. The topological polar surface area (TPSA) is 22.0 Å². The number of Topliss-reactive ketones (excluding diaryl/α,β-unsaturated/α-hetero) is 1. The molecule has 0 fully saturated rings. The van der Waals surface area contributed by atoms with Gasteiger partial charge in [0.2, 0.25) is 0 Å². The minimum absolute atomic E-state index is 0.151. The van der Waals surface area contributed by atoms with E-state index in [2.05, 4.69) is 6.92 Å². The molecule has 0 aromatic carbocycles. The molecule has 0 bridgehead atoms. The zero-order valence-corrected chi connectivity index (χ0v) is 9.64. The number of rotatable bonds is 6. The number of carbonyl (C=O) groups excluding carboxylic acids is 1. The molecule has 0 N–H and O–H groups in total. The summed E-state index contributed by atoms with van der Waals surface area (Å²) in [7, 11) is 0. The number of thioether (sulfide) groups is 1. The molecule has 1 aromatic heterocycles. The summed E-state index contributed by atoms with van der Waals surface area (Å²) in [6.07, 6.45) is 3.11. The predicted molar refractivity (Wildman–Crippen MR) is 62.1 cm³/mol. The van der Waals surface area contributed by atoms with E-state index in [9.17, 15) is 4.79 Å². The Balaban J connectivity index is 2.42. The first kappa shape index (κ1) is 11.4. The summed E-state index contributed by atoms with van der Waals surface area (Å²) in [5.41, 5.74) is 0.825. The molecule has 1 heterocycles. The number of ketones is 1. The third-order valence-corrected chi connectivity index (χ3v) is 3.07. The van der Waals surface area contributed by atoms with Crippen LogP contribution in [0.5, 0.6) is 0 Å². The highest BCUT2D eigenvalue weighted by Crippen LogP contribution is 2.07. The Morgan fingerprint density at radius 3 is 3.00 bits per heavy atom. The lowest BCUT2D eigenvalue weighted by Gasteiger charge is -2.05. The molecule has 0 aliphatic rings. The fraction of sp³-hybridized carbons (Fsp3) is 0.545. The maximum Gasteiger partial charge on any atom is 0.176 e. The van der Waals surface area contributed by atoms with Crippen molar-refractivity contribution in [3.8, 4) is 0 Å². The Hall–Kier alpha value is -0.700. The van der Waals surface area contributed by atoms with E-state index in [4.69, 9.17) is 0 Å². The zero-order chi connectivity index (χ0) is 10.4. The van der Waals surface area contributed by atoms with Crippen LogP contribution in [0.2, 0.25) is 0 Å². The summed E-state index contributed by atoms with van der Waals surface area (Å²) in [5, 5.41) is 0. The van der Waals surface area contributed by atoms with Crippen molar-refractivity contribution in [2.24, 2.45) is 0 Å². The van der Waals surface area contributed by atoms with Crippen LogP contribution in [0.4, 0.5) is 0 Å². The van der Waals surface area contributed by atoms with Crippen molar-refractivity contribution in [1.29, 1.82) is 0 Å². The van der Waals surface area contributed by atoms with Crippen LogP contribution in [0.25, 0.3) is 0 Å². The molecule has 14 heavy (non-hydrogen) atoms. The molecule has 1 aromatic rings. The third-order valence-electron chi connectivity index (χ3n) is 2.08. The molecule has 3 heteroatoms. The maximum atomic E-state index is 11.2. The van der Waals surface area contributed by atoms with Gasteiger partial charge >= 0.3 is 0 Å². The van der Waals surface area contributed by atoms with Crippen molar-refractivity contribution in [2.45, 2.75) is 26.8 Å². The summed E-state index contributed by atoms with van der Waals surface area (Å²) in [6, 6.07) is 3.82. The van der Waals surface area contributed by atoms with E-state index in [-0.39, 0.29) is 5.78 Å². The highest BCUT2D eigenvalue weighted by atomic mass is 32.2. The fourth-order valence-electron chi connectivity index (χ4n) is 1.41. The number of aromatic nitrogens is 1. The Morgan fingerprint density at radius 2 is 2.36 bits per heavy atom. The second kappa shape index (κ2) is 5.91. The van der Waals surface area contributed by atoms with E-state index in [1.54, 1.807) is 6.92 Å². The SMILES string of the molecule is CCSCCCn1cccc1C(C)=O. The predicted octanol–water partition coefficient (Wildman–Crippen LogP) is 2.83. The first-order valence-corrected chi connectivity index (χ1v) is 6.15. The van der Waals surface area contributed by atoms with Crippen LogP contribution in [0, 0.1) is 0 Å². The molecule has 0 saturated heterocycles. The van der Waals surface area contributed by atoms with Crippen molar-refractivity contribution in [2.75, 3.05) is 11.5 Å². The van der Waals surface area contributed by atoms with Crippen LogP contribution < -0.4 is 0 Å². The Bertz CT molecular complexity index is 293. The van der Waals surface area contributed by atoms with Crippen LogP contribution >= 0.6 is 11.8 Å². The van der Waals surface area contributed by atoms with Crippen molar-refractivity contribution >= 4 is 17.5 Å². The second-order valence-electron chi connectivity index (χ2n) is 3.19. The number of aryl methyl sites for hydroxylation is 1. The standard InChI is InChI=1S/C11H17NOS/c1-3-14-9-5-8-12-7-4-6-11(12)10(2)13/h4,6-7H,3,5,8-9H2,1-2H3. The highest BCUT2D eigenvalue weighted by molar-refractivity contribution is 7.99. The lowest BCUT2D eigenvalue weighted by molar-refractivity contribution is 0.100. The molecule has 0 unspecified atom stereocenters. The summed E-state index contributed by atoms with van der Waals surface area (Å²) in [4.78, 5) is 11.2. The number of hydrogen-bond donors (Lipinski definition) is 0. The van der Waals surface area contributed by atoms with Crippen molar-refractivity contribution in [3.63, 3.8) is 0 Å². The molecular weight excluding hydrogens is 194 g/mol. The van der Waals surface area contributed by atoms with Gasteiger partial charge in [-0.3, -0.25) is 4.79 Å². The lowest BCUT2D eigenvalue weighted by atomic mass is 10.3. The Labute approximate surface area is 89.7 Å². The first-order valence-electron chi connectivity index (χ1n) is 4.99. The van der Waals surface area contributed by atoms with E-state index >= 15 is 0 Å². The van der Waals surface area contributed by atoms with Crippen LogP contribution in [0.1, 0.15) is 30.8 Å². The molecule has 0 atom stereocenters. The van der Waals surface area contributed by atoms with Gasteiger partial charge in [0.05, 0.1) is 5.69 Å².